The number of nitrogens with zero attached hydrogens (tertiary/aromatic N) is 2. The summed E-state index contributed by atoms with van der Waals surface area (Å²) in [5.74, 6) is 2.34. The predicted octanol–water partition coefficient (Wildman–Crippen LogP) is 5.14. The quantitative estimate of drug-likeness (QED) is 0.345. The molecule has 0 aliphatic carbocycles. The first-order chi connectivity index (χ1) is 16.1. The first-order valence-electron chi connectivity index (χ1n) is 11.2. The van der Waals surface area contributed by atoms with Gasteiger partial charge in [-0.25, -0.2) is 4.98 Å². The molecule has 4 rings (SSSR count). The highest BCUT2D eigenvalue weighted by molar-refractivity contribution is 5.94. The molecular weight excluding hydrogens is 414 g/mol. The van der Waals surface area contributed by atoms with Gasteiger partial charge in [-0.3, -0.25) is 4.79 Å². The predicted molar refractivity (Wildman–Crippen MR) is 130 cm³/mol. The molecule has 0 saturated heterocycles. The normalized spacial score (nSPS) is 10.8. The van der Waals surface area contributed by atoms with E-state index < -0.39 is 0 Å². The summed E-state index contributed by atoms with van der Waals surface area (Å²) in [4.78, 5) is 17.4. The van der Waals surface area contributed by atoms with Gasteiger partial charge in [0.25, 0.3) is 5.91 Å². The van der Waals surface area contributed by atoms with Crippen LogP contribution in [0.2, 0.25) is 0 Å². The van der Waals surface area contributed by atoms with Crippen molar-refractivity contribution in [2.45, 2.75) is 32.9 Å². The Kier molecular flexibility index (Phi) is 7.25. The lowest BCUT2D eigenvalue weighted by molar-refractivity contribution is 0.0949. The smallest absolute Gasteiger partial charge is 0.251 e. The molecule has 0 fully saturated rings. The van der Waals surface area contributed by atoms with Crippen molar-refractivity contribution in [1.82, 2.24) is 14.9 Å². The summed E-state index contributed by atoms with van der Waals surface area (Å²) in [5, 5.41) is 2.99. The second-order valence-electron chi connectivity index (χ2n) is 7.95. The number of amides is 1. The van der Waals surface area contributed by atoms with E-state index in [1.807, 2.05) is 36.4 Å². The van der Waals surface area contributed by atoms with Crippen LogP contribution in [0.4, 0.5) is 0 Å². The summed E-state index contributed by atoms with van der Waals surface area (Å²) in [7, 11) is 1.61. The van der Waals surface area contributed by atoms with Crippen molar-refractivity contribution in [3.63, 3.8) is 0 Å². The Balaban J connectivity index is 1.37. The lowest BCUT2D eigenvalue weighted by Crippen LogP contribution is -2.24. The third kappa shape index (κ3) is 5.71. The average Bonchev–Trinajstić information content (AvgIpc) is 3.20. The van der Waals surface area contributed by atoms with Gasteiger partial charge in [-0.2, -0.15) is 0 Å². The minimum atomic E-state index is -0.136. The molecule has 33 heavy (non-hydrogen) atoms. The van der Waals surface area contributed by atoms with Crippen LogP contribution in [0.25, 0.3) is 11.0 Å². The van der Waals surface area contributed by atoms with Gasteiger partial charge in [0.1, 0.15) is 17.3 Å². The Morgan fingerprint density at radius 2 is 1.79 bits per heavy atom. The molecule has 6 heteroatoms. The van der Waals surface area contributed by atoms with E-state index in [-0.39, 0.29) is 5.91 Å². The Bertz CT molecular complexity index is 1220. The second-order valence-corrected chi connectivity index (χ2v) is 7.95. The maximum atomic E-state index is 12.6. The molecule has 1 N–H and O–H groups in total. The highest BCUT2D eigenvalue weighted by Gasteiger charge is 2.12. The first kappa shape index (κ1) is 22.4. The zero-order valence-electron chi connectivity index (χ0n) is 19.1. The summed E-state index contributed by atoms with van der Waals surface area (Å²) < 4.78 is 13.2. The SMILES string of the molecule is COc1ccc(C(=O)NCc2nc3ccccc3n2CCCCOc2cccc(C)c2)cc1. The van der Waals surface area contributed by atoms with Crippen LogP contribution in [-0.4, -0.2) is 29.2 Å². The maximum absolute atomic E-state index is 12.6. The van der Waals surface area contributed by atoms with E-state index in [0.717, 1.165) is 47.7 Å². The molecule has 3 aromatic carbocycles. The largest absolute Gasteiger partial charge is 0.497 e. The van der Waals surface area contributed by atoms with Crippen molar-refractivity contribution >= 4 is 16.9 Å². The third-order valence-electron chi connectivity index (χ3n) is 5.53. The molecular formula is C27H29N3O3. The summed E-state index contributed by atoms with van der Waals surface area (Å²) in [6, 6.07) is 23.2. The molecule has 0 bridgehead atoms. The standard InChI is InChI=1S/C27H29N3O3/c1-20-8-7-9-23(18-20)33-17-6-5-16-30-25-11-4-3-10-24(25)29-26(30)19-28-27(31)21-12-14-22(32-2)15-13-21/h3-4,7-15,18H,5-6,16-17,19H2,1-2H3,(H,28,31). The van der Waals surface area contributed by atoms with Crippen molar-refractivity contribution in [3.05, 3.63) is 89.7 Å². The van der Waals surface area contributed by atoms with Gasteiger partial charge in [0.05, 0.1) is 31.3 Å². The molecule has 6 nitrogen and oxygen atoms in total. The van der Waals surface area contributed by atoms with Crippen molar-refractivity contribution in [3.8, 4) is 11.5 Å². The lowest BCUT2D eigenvalue weighted by atomic mass is 10.2. The van der Waals surface area contributed by atoms with Crippen molar-refractivity contribution in [1.29, 1.82) is 0 Å². The number of ether oxygens (including phenoxy) is 2. The number of aromatic nitrogens is 2. The molecule has 0 unspecified atom stereocenters. The van der Waals surface area contributed by atoms with Gasteiger partial charge in [-0.15, -0.1) is 0 Å². The van der Waals surface area contributed by atoms with Gasteiger partial charge in [-0.1, -0.05) is 24.3 Å². The fourth-order valence-electron chi connectivity index (χ4n) is 3.78. The second kappa shape index (κ2) is 10.7. The number of fused-ring (bicyclic) bond motifs is 1. The highest BCUT2D eigenvalue weighted by Crippen LogP contribution is 2.18. The van der Waals surface area contributed by atoms with Crippen molar-refractivity contribution in [2.75, 3.05) is 13.7 Å². The van der Waals surface area contributed by atoms with Gasteiger partial charge in [0, 0.05) is 12.1 Å². The Hall–Kier alpha value is -3.80. The molecule has 0 spiro atoms. The number of hydrogen-bond donors (Lipinski definition) is 1. The summed E-state index contributed by atoms with van der Waals surface area (Å²) >= 11 is 0. The third-order valence-corrected chi connectivity index (χ3v) is 5.53. The zero-order chi connectivity index (χ0) is 23.0. The average molecular weight is 444 g/mol. The van der Waals surface area contributed by atoms with E-state index in [0.29, 0.717) is 18.7 Å². The number of aryl methyl sites for hydroxylation is 2. The number of imidazole rings is 1. The molecule has 170 valence electrons. The number of para-hydroxylation sites is 2. The first-order valence-corrected chi connectivity index (χ1v) is 11.2. The van der Waals surface area contributed by atoms with Crippen LogP contribution in [0.3, 0.4) is 0 Å². The van der Waals surface area contributed by atoms with Crippen LogP contribution in [-0.2, 0) is 13.1 Å². The fraction of sp³-hybridized carbons (Fsp3) is 0.259. The van der Waals surface area contributed by atoms with Gasteiger partial charge in [0.15, 0.2) is 0 Å². The summed E-state index contributed by atoms with van der Waals surface area (Å²) in [5.41, 5.74) is 3.79. The molecule has 0 saturated carbocycles. The molecule has 0 atom stereocenters. The van der Waals surface area contributed by atoms with Crippen LogP contribution in [0.15, 0.2) is 72.8 Å². The summed E-state index contributed by atoms with van der Waals surface area (Å²) in [6.45, 7) is 3.90. The molecule has 1 amide bonds. The Morgan fingerprint density at radius 1 is 0.970 bits per heavy atom. The van der Waals surface area contributed by atoms with E-state index in [9.17, 15) is 4.79 Å². The van der Waals surface area contributed by atoms with Crippen molar-refractivity contribution in [2.24, 2.45) is 0 Å². The summed E-state index contributed by atoms with van der Waals surface area (Å²) in [6.07, 6.45) is 1.88. The molecule has 0 aliphatic rings. The molecule has 0 aliphatic heterocycles. The van der Waals surface area contributed by atoms with E-state index >= 15 is 0 Å². The number of carbonyl (C=O) groups excluding carboxylic acids is 1. The molecule has 0 radical (unpaired) electrons. The number of nitrogens with one attached hydrogen (secondary N) is 1. The minimum Gasteiger partial charge on any atom is -0.497 e. The van der Waals surface area contributed by atoms with Crippen LogP contribution in [0.5, 0.6) is 11.5 Å². The number of methoxy groups -OCH3 is 1. The van der Waals surface area contributed by atoms with Gasteiger partial charge < -0.3 is 19.4 Å². The zero-order valence-corrected chi connectivity index (χ0v) is 19.1. The number of unbranched alkanes of at least 4 members (excludes halogenated alkanes) is 1. The van der Waals surface area contributed by atoms with Gasteiger partial charge in [-0.05, 0) is 73.9 Å². The molecule has 1 heterocycles. The minimum absolute atomic E-state index is 0.136. The van der Waals surface area contributed by atoms with Crippen LogP contribution < -0.4 is 14.8 Å². The van der Waals surface area contributed by atoms with E-state index in [2.05, 4.69) is 28.9 Å². The van der Waals surface area contributed by atoms with E-state index in [1.165, 1.54) is 5.56 Å². The molecule has 4 aromatic rings. The lowest BCUT2D eigenvalue weighted by Gasteiger charge is -2.11. The van der Waals surface area contributed by atoms with Crippen LogP contribution >= 0.6 is 0 Å². The number of carbonyl (C=O) groups is 1. The maximum Gasteiger partial charge on any atom is 0.251 e. The van der Waals surface area contributed by atoms with E-state index in [1.54, 1.807) is 31.4 Å². The van der Waals surface area contributed by atoms with E-state index in [4.69, 9.17) is 14.5 Å². The number of hydrogen-bond acceptors (Lipinski definition) is 4. The molecule has 1 aromatic heterocycles. The number of rotatable bonds is 10. The van der Waals surface area contributed by atoms with Gasteiger partial charge >= 0.3 is 0 Å². The van der Waals surface area contributed by atoms with Crippen LogP contribution in [0.1, 0.15) is 34.6 Å². The Labute approximate surface area is 194 Å². The van der Waals surface area contributed by atoms with Gasteiger partial charge in [0.2, 0.25) is 0 Å². The Morgan fingerprint density at radius 3 is 2.58 bits per heavy atom. The number of benzene rings is 3. The fourth-order valence-corrected chi connectivity index (χ4v) is 3.78. The van der Waals surface area contributed by atoms with Crippen LogP contribution in [0, 0.1) is 6.92 Å². The highest BCUT2D eigenvalue weighted by atomic mass is 16.5. The monoisotopic (exact) mass is 443 g/mol. The van der Waals surface area contributed by atoms with Crippen molar-refractivity contribution < 1.29 is 14.3 Å². The topological polar surface area (TPSA) is 65.4 Å².